The first-order valence-electron chi connectivity index (χ1n) is 10.2. The van der Waals surface area contributed by atoms with Gasteiger partial charge >= 0.3 is 0 Å². The standard InChI is InChI=1S/C24H24N4O2.ClH/c1-27-11-13-28(14-12-27)24(29)21-15-19-18-5-3-4-6-20(18)25-23(19)22(26-21)16-7-9-17(30-2)10-8-16;/h3-10,15,25H,11-14H2,1-2H3;1H. The summed E-state index contributed by atoms with van der Waals surface area (Å²) in [7, 11) is 3.73. The quantitative estimate of drug-likeness (QED) is 0.522. The Morgan fingerprint density at radius 1 is 1.00 bits per heavy atom. The van der Waals surface area contributed by atoms with Crippen molar-refractivity contribution >= 4 is 40.1 Å². The lowest BCUT2D eigenvalue weighted by atomic mass is 10.1. The van der Waals surface area contributed by atoms with Gasteiger partial charge in [-0.3, -0.25) is 4.79 Å². The third-order valence-electron chi connectivity index (χ3n) is 5.87. The highest BCUT2D eigenvalue weighted by atomic mass is 35.5. The Labute approximate surface area is 187 Å². The number of H-pyrrole nitrogens is 1. The molecule has 7 heteroatoms. The van der Waals surface area contributed by atoms with E-state index in [1.54, 1.807) is 7.11 Å². The van der Waals surface area contributed by atoms with Crippen LogP contribution < -0.4 is 4.74 Å². The maximum Gasteiger partial charge on any atom is 0.272 e. The van der Waals surface area contributed by atoms with Crippen LogP contribution in [0.2, 0.25) is 0 Å². The van der Waals surface area contributed by atoms with E-state index in [9.17, 15) is 4.79 Å². The van der Waals surface area contributed by atoms with Gasteiger partial charge in [0.05, 0.1) is 18.3 Å². The number of halogens is 1. The lowest BCUT2D eigenvalue weighted by Crippen LogP contribution is -2.47. The van der Waals surface area contributed by atoms with Gasteiger partial charge in [0.15, 0.2) is 0 Å². The lowest BCUT2D eigenvalue weighted by Gasteiger charge is -2.32. The fraction of sp³-hybridized carbons (Fsp3) is 0.250. The van der Waals surface area contributed by atoms with Gasteiger partial charge in [-0.15, -0.1) is 12.4 Å². The summed E-state index contributed by atoms with van der Waals surface area (Å²) in [6.45, 7) is 3.21. The molecule has 2 aromatic carbocycles. The number of carbonyl (C=O) groups excluding carboxylic acids is 1. The molecule has 1 aliphatic heterocycles. The van der Waals surface area contributed by atoms with Gasteiger partial charge in [0.25, 0.3) is 5.91 Å². The highest BCUT2D eigenvalue weighted by Crippen LogP contribution is 2.33. The van der Waals surface area contributed by atoms with Crippen molar-refractivity contribution in [3.05, 3.63) is 60.3 Å². The number of likely N-dealkylation sites (N-methyl/N-ethyl adjacent to an activating group) is 1. The van der Waals surface area contributed by atoms with Gasteiger partial charge in [-0.25, -0.2) is 4.98 Å². The molecule has 0 spiro atoms. The summed E-state index contributed by atoms with van der Waals surface area (Å²) < 4.78 is 5.30. The number of piperazine rings is 1. The molecule has 1 N–H and O–H groups in total. The number of hydrogen-bond acceptors (Lipinski definition) is 4. The Balaban J connectivity index is 0.00000231. The van der Waals surface area contributed by atoms with E-state index >= 15 is 0 Å². The van der Waals surface area contributed by atoms with Crippen molar-refractivity contribution in [1.82, 2.24) is 19.8 Å². The van der Waals surface area contributed by atoms with Crippen LogP contribution >= 0.6 is 12.4 Å². The molecule has 2 aromatic heterocycles. The number of nitrogens with zero attached hydrogens (tertiary/aromatic N) is 3. The third kappa shape index (κ3) is 3.84. The first kappa shape index (κ1) is 21.2. The first-order valence-corrected chi connectivity index (χ1v) is 10.2. The van der Waals surface area contributed by atoms with Crippen LogP contribution in [0.3, 0.4) is 0 Å². The molecule has 1 fully saturated rings. The topological polar surface area (TPSA) is 61.5 Å². The van der Waals surface area contributed by atoms with Gasteiger partial charge in [-0.05, 0) is 43.4 Å². The molecule has 0 unspecified atom stereocenters. The summed E-state index contributed by atoms with van der Waals surface area (Å²) in [4.78, 5) is 25.8. The number of fused-ring (bicyclic) bond motifs is 3. The minimum absolute atomic E-state index is 0. The van der Waals surface area contributed by atoms with Crippen LogP contribution in [-0.4, -0.2) is 66.0 Å². The number of carbonyl (C=O) groups is 1. The molecular formula is C24H25ClN4O2. The monoisotopic (exact) mass is 436 g/mol. The number of rotatable bonds is 3. The van der Waals surface area contributed by atoms with E-state index in [0.717, 1.165) is 65.0 Å². The van der Waals surface area contributed by atoms with Gasteiger partial charge in [0, 0.05) is 48.0 Å². The maximum absolute atomic E-state index is 13.3. The molecular weight excluding hydrogens is 412 g/mol. The predicted molar refractivity (Wildman–Crippen MR) is 126 cm³/mol. The molecule has 31 heavy (non-hydrogen) atoms. The summed E-state index contributed by atoms with van der Waals surface area (Å²) >= 11 is 0. The van der Waals surface area contributed by atoms with Gasteiger partial charge in [-0.2, -0.15) is 0 Å². The zero-order chi connectivity index (χ0) is 20.7. The van der Waals surface area contributed by atoms with Crippen molar-refractivity contribution in [3.8, 4) is 17.0 Å². The molecule has 0 atom stereocenters. The Hall–Kier alpha value is -3.09. The van der Waals surface area contributed by atoms with Crippen LogP contribution in [0.25, 0.3) is 33.1 Å². The zero-order valence-corrected chi connectivity index (χ0v) is 18.4. The number of methoxy groups -OCH3 is 1. The molecule has 1 amide bonds. The Bertz CT molecular complexity index is 1230. The second kappa shape index (κ2) is 8.57. The number of aromatic nitrogens is 2. The number of pyridine rings is 1. The van der Waals surface area contributed by atoms with E-state index in [-0.39, 0.29) is 18.3 Å². The predicted octanol–water partition coefficient (Wildman–Crippen LogP) is 4.20. The largest absolute Gasteiger partial charge is 0.497 e. The molecule has 5 rings (SSSR count). The van der Waals surface area contributed by atoms with E-state index in [0.29, 0.717) is 5.69 Å². The van der Waals surface area contributed by atoms with Crippen molar-refractivity contribution in [2.75, 3.05) is 40.3 Å². The van der Waals surface area contributed by atoms with Gasteiger partial charge < -0.3 is 19.5 Å². The number of hydrogen-bond donors (Lipinski definition) is 1. The average molecular weight is 437 g/mol. The first-order chi connectivity index (χ1) is 14.6. The highest BCUT2D eigenvalue weighted by molar-refractivity contribution is 6.13. The van der Waals surface area contributed by atoms with Crippen LogP contribution in [0.15, 0.2) is 54.6 Å². The van der Waals surface area contributed by atoms with E-state index in [4.69, 9.17) is 9.72 Å². The number of ether oxygens (including phenoxy) is 1. The highest BCUT2D eigenvalue weighted by Gasteiger charge is 2.23. The Morgan fingerprint density at radius 2 is 1.71 bits per heavy atom. The van der Waals surface area contributed by atoms with Crippen molar-refractivity contribution in [2.45, 2.75) is 0 Å². The molecule has 0 radical (unpaired) electrons. The van der Waals surface area contributed by atoms with E-state index in [1.807, 2.05) is 47.4 Å². The molecule has 0 aliphatic carbocycles. The van der Waals surface area contributed by atoms with E-state index in [2.05, 4.69) is 29.1 Å². The van der Waals surface area contributed by atoms with Crippen LogP contribution in [0.4, 0.5) is 0 Å². The van der Waals surface area contributed by atoms with Gasteiger partial charge in [-0.1, -0.05) is 18.2 Å². The SMILES string of the molecule is COc1ccc(-c2nc(C(=O)N3CCN(C)CC3)cc3c2[nH]c2ccccc23)cc1.Cl. The van der Waals surface area contributed by atoms with Crippen LogP contribution in [0.5, 0.6) is 5.75 Å². The summed E-state index contributed by atoms with van der Waals surface area (Å²) in [5.74, 6) is 0.779. The number of amides is 1. The van der Waals surface area contributed by atoms with Crippen LogP contribution in [0.1, 0.15) is 10.5 Å². The molecule has 4 aromatic rings. The van der Waals surface area contributed by atoms with Crippen molar-refractivity contribution < 1.29 is 9.53 Å². The molecule has 1 aliphatic rings. The lowest BCUT2D eigenvalue weighted by molar-refractivity contribution is 0.0658. The maximum atomic E-state index is 13.3. The second-order valence-corrected chi connectivity index (χ2v) is 7.77. The average Bonchev–Trinajstić information content (AvgIpc) is 3.17. The molecule has 3 heterocycles. The van der Waals surface area contributed by atoms with Gasteiger partial charge in [0.2, 0.25) is 0 Å². The summed E-state index contributed by atoms with van der Waals surface area (Å²) in [6, 6.07) is 17.9. The second-order valence-electron chi connectivity index (χ2n) is 7.77. The van der Waals surface area contributed by atoms with E-state index in [1.165, 1.54) is 0 Å². The molecule has 0 bridgehead atoms. The summed E-state index contributed by atoms with van der Waals surface area (Å²) in [5.41, 5.74) is 4.19. The Kier molecular flexibility index (Phi) is 5.85. The molecule has 160 valence electrons. The number of para-hydroxylation sites is 1. The summed E-state index contributed by atoms with van der Waals surface area (Å²) in [6.07, 6.45) is 0. The normalized spacial score (nSPS) is 14.6. The molecule has 0 saturated carbocycles. The number of aromatic amines is 1. The Morgan fingerprint density at radius 3 is 2.42 bits per heavy atom. The fourth-order valence-electron chi connectivity index (χ4n) is 4.08. The minimum Gasteiger partial charge on any atom is -0.497 e. The third-order valence-corrected chi connectivity index (χ3v) is 5.87. The van der Waals surface area contributed by atoms with Crippen molar-refractivity contribution in [3.63, 3.8) is 0 Å². The molecule has 1 saturated heterocycles. The fourth-order valence-corrected chi connectivity index (χ4v) is 4.08. The smallest absolute Gasteiger partial charge is 0.272 e. The van der Waals surface area contributed by atoms with Crippen molar-refractivity contribution in [1.29, 1.82) is 0 Å². The van der Waals surface area contributed by atoms with Crippen molar-refractivity contribution in [2.24, 2.45) is 0 Å². The van der Waals surface area contributed by atoms with E-state index < -0.39 is 0 Å². The minimum atomic E-state index is -0.00922. The van der Waals surface area contributed by atoms with Crippen LogP contribution in [-0.2, 0) is 0 Å². The molecule has 6 nitrogen and oxygen atoms in total. The summed E-state index contributed by atoms with van der Waals surface area (Å²) in [5, 5.41) is 2.11. The van der Waals surface area contributed by atoms with Crippen LogP contribution in [0, 0.1) is 0 Å². The zero-order valence-electron chi connectivity index (χ0n) is 17.6. The van der Waals surface area contributed by atoms with Gasteiger partial charge in [0.1, 0.15) is 11.4 Å². The number of benzene rings is 2. The number of nitrogens with one attached hydrogen (secondary N) is 1.